The Hall–Kier alpha value is -1.39. The fourth-order valence-corrected chi connectivity index (χ4v) is 2.37. The van der Waals surface area contributed by atoms with Crippen LogP contribution in [0.2, 0.25) is 0 Å². The van der Waals surface area contributed by atoms with Crippen LogP contribution < -0.4 is 0 Å². The van der Waals surface area contributed by atoms with E-state index >= 15 is 0 Å². The van der Waals surface area contributed by atoms with E-state index in [1.807, 2.05) is 38.1 Å². The Morgan fingerprint density at radius 1 is 1.20 bits per heavy atom. The molecule has 110 valence electrons. The highest BCUT2D eigenvalue weighted by Crippen LogP contribution is 2.08. The van der Waals surface area contributed by atoms with Crippen LogP contribution in [0.4, 0.5) is 0 Å². The van der Waals surface area contributed by atoms with Gasteiger partial charge in [0.2, 0.25) is 0 Å². The molecule has 1 heterocycles. The zero-order valence-electron chi connectivity index (χ0n) is 12.6. The van der Waals surface area contributed by atoms with Crippen molar-refractivity contribution < 1.29 is 9.53 Å². The first-order valence-electron chi connectivity index (χ1n) is 7.23. The first-order chi connectivity index (χ1) is 9.54. The molecular weight excluding hydrogens is 252 g/mol. The Morgan fingerprint density at radius 2 is 1.80 bits per heavy atom. The molecule has 0 bridgehead atoms. The van der Waals surface area contributed by atoms with E-state index in [4.69, 9.17) is 4.74 Å². The Morgan fingerprint density at radius 3 is 2.40 bits per heavy atom. The lowest BCUT2D eigenvalue weighted by molar-refractivity contribution is 0.0207. The van der Waals surface area contributed by atoms with Gasteiger partial charge in [0.25, 0.3) is 0 Å². The lowest BCUT2D eigenvalue weighted by Crippen LogP contribution is -2.47. The molecule has 1 saturated heterocycles. The number of hydrogen-bond acceptors (Lipinski definition) is 4. The molecule has 0 radical (unpaired) electrons. The molecule has 0 spiro atoms. The summed E-state index contributed by atoms with van der Waals surface area (Å²) in [5, 5.41) is 0. The van der Waals surface area contributed by atoms with Crippen molar-refractivity contribution in [2.75, 3.05) is 39.8 Å². The number of hydrogen-bond donors (Lipinski definition) is 0. The predicted octanol–water partition coefficient (Wildman–Crippen LogP) is 1.79. The molecule has 0 N–H and O–H groups in total. The molecule has 4 nitrogen and oxygen atoms in total. The van der Waals surface area contributed by atoms with E-state index in [-0.39, 0.29) is 12.1 Å². The van der Waals surface area contributed by atoms with Crippen molar-refractivity contribution in [3.05, 3.63) is 35.4 Å². The van der Waals surface area contributed by atoms with Gasteiger partial charge < -0.3 is 9.64 Å². The van der Waals surface area contributed by atoms with Crippen LogP contribution in [0.5, 0.6) is 0 Å². The molecule has 20 heavy (non-hydrogen) atoms. The third-order valence-electron chi connectivity index (χ3n) is 3.71. The molecule has 1 atom stereocenters. The number of piperazine rings is 1. The van der Waals surface area contributed by atoms with E-state index < -0.39 is 0 Å². The Labute approximate surface area is 121 Å². The van der Waals surface area contributed by atoms with Gasteiger partial charge >= 0.3 is 5.97 Å². The summed E-state index contributed by atoms with van der Waals surface area (Å²) in [5.74, 6) is -0.230. The fraction of sp³-hybridized carbons (Fsp3) is 0.562. The minimum Gasteiger partial charge on any atom is -0.458 e. The zero-order chi connectivity index (χ0) is 14.5. The number of nitrogens with zero attached hydrogens (tertiary/aromatic N) is 2. The molecule has 1 aliphatic heterocycles. The number of benzene rings is 1. The van der Waals surface area contributed by atoms with Crippen LogP contribution in [0.3, 0.4) is 0 Å². The lowest BCUT2D eigenvalue weighted by atomic mass is 10.1. The molecule has 2 rings (SSSR count). The van der Waals surface area contributed by atoms with E-state index in [9.17, 15) is 4.79 Å². The number of esters is 1. The SMILES string of the molecule is Cc1ccc(C(=O)O[C@H](C)CN2CCN(C)CC2)cc1. The van der Waals surface area contributed by atoms with Crippen molar-refractivity contribution in [2.45, 2.75) is 20.0 Å². The molecule has 1 aromatic rings. The molecule has 0 saturated carbocycles. The number of ether oxygens (including phenoxy) is 1. The third kappa shape index (κ3) is 4.32. The van der Waals surface area contributed by atoms with Crippen LogP contribution in [0.25, 0.3) is 0 Å². The largest absolute Gasteiger partial charge is 0.458 e. The van der Waals surface area contributed by atoms with Gasteiger partial charge in [-0.1, -0.05) is 17.7 Å². The van der Waals surface area contributed by atoms with E-state index in [2.05, 4.69) is 16.8 Å². The minimum atomic E-state index is -0.230. The predicted molar refractivity (Wildman–Crippen MR) is 80.0 cm³/mol. The first kappa shape index (κ1) is 15.0. The summed E-state index contributed by atoms with van der Waals surface area (Å²) in [7, 11) is 2.14. The van der Waals surface area contributed by atoms with Crippen molar-refractivity contribution in [1.82, 2.24) is 9.80 Å². The highest BCUT2D eigenvalue weighted by atomic mass is 16.5. The summed E-state index contributed by atoms with van der Waals surface area (Å²) < 4.78 is 5.51. The van der Waals surface area contributed by atoms with Gasteiger partial charge in [-0.25, -0.2) is 4.79 Å². The van der Waals surface area contributed by atoms with Crippen LogP contribution >= 0.6 is 0 Å². The smallest absolute Gasteiger partial charge is 0.338 e. The van der Waals surface area contributed by atoms with Gasteiger partial charge in [0.15, 0.2) is 0 Å². The molecule has 0 aromatic heterocycles. The minimum absolute atomic E-state index is 0.0767. The second-order valence-corrected chi connectivity index (χ2v) is 5.69. The van der Waals surface area contributed by atoms with Crippen LogP contribution in [0.1, 0.15) is 22.8 Å². The van der Waals surface area contributed by atoms with Crippen molar-refractivity contribution in [1.29, 1.82) is 0 Å². The second kappa shape index (κ2) is 6.86. The highest BCUT2D eigenvalue weighted by molar-refractivity contribution is 5.89. The van der Waals surface area contributed by atoms with Gasteiger partial charge in [0.1, 0.15) is 6.10 Å². The average molecular weight is 276 g/mol. The summed E-state index contributed by atoms with van der Waals surface area (Å²) in [6.45, 7) is 9.03. The van der Waals surface area contributed by atoms with Crippen LogP contribution in [-0.2, 0) is 4.74 Å². The molecule has 1 fully saturated rings. The first-order valence-corrected chi connectivity index (χ1v) is 7.23. The molecule has 0 aliphatic carbocycles. The lowest BCUT2D eigenvalue weighted by Gasteiger charge is -2.33. The zero-order valence-corrected chi connectivity index (χ0v) is 12.6. The molecule has 4 heteroatoms. The molecule has 1 aromatic carbocycles. The van der Waals surface area contributed by atoms with E-state index in [1.165, 1.54) is 0 Å². The number of likely N-dealkylation sites (N-methyl/N-ethyl adjacent to an activating group) is 1. The summed E-state index contributed by atoms with van der Waals surface area (Å²) >= 11 is 0. The monoisotopic (exact) mass is 276 g/mol. The summed E-state index contributed by atoms with van der Waals surface area (Å²) in [6.07, 6.45) is -0.0767. The maximum atomic E-state index is 12.0. The molecule has 0 unspecified atom stereocenters. The van der Waals surface area contributed by atoms with Crippen LogP contribution in [0, 0.1) is 6.92 Å². The fourth-order valence-electron chi connectivity index (χ4n) is 2.37. The van der Waals surface area contributed by atoms with Gasteiger partial charge in [-0.05, 0) is 33.0 Å². The number of carbonyl (C=O) groups is 1. The number of carbonyl (C=O) groups excluding carboxylic acids is 1. The summed E-state index contributed by atoms with van der Waals surface area (Å²) in [4.78, 5) is 16.7. The second-order valence-electron chi connectivity index (χ2n) is 5.69. The highest BCUT2D eigenvalue weighted by Gasteiger charge is 2.18. The van der Waals surface area contributed by atoms with E-state index in [1.54, 1.807) is 0 Å². The Balaban J connectivity index is 1.80. The molecule has 1 aliphatic rings. The number of aryl methyl sites for hydroxylation is 1. The van der Waals surface area contributed by atoms with Gasteiger partial charge in [-0.15, -0.1) is 0 Å². The topological polar surface area (TPSA) is 32.8 Å². The quantitative estimate of drug-likeness (QED) is 0.785. The summed E-state index contributed by atoms with van der Waals surface area (Å²) in [6, 6.07) is 7.50. The number of rotatable bonds is 4. The van der Waals surface area contributed by atoms with Gasteiger partial charge in [0, 0.05) is 32.7 Å². The van der Waals surface area contributed by atoms with E-state index in [0.717, 1.165) is 38.3 Å². The van der Waals surface area contributed by atoms with E-state index in [0.29, 0.717) is 5.56 Å². The van der Waals surface area contributed by atoms with Crippen molar-refractivity contribution in [3.63, 3.8) is 0 Å². The van der Waals surface area contributed by atoms with Crippen LogP contribution in [0.15, 0.2) is 24.3 Å². The Bertz CT molecular complexity index is 436. The maximum absolute atomic E-state index is 12.0. The maximum Gasteiger partial charge on any atom is 0.338 e. The molecular formula is C16H24N2O2. The summed E-state index contributed by atoms with van der Waals surface area (Å²) in [5.41, 5.74) is 1.77. The van der Waals surface area contributed by atoms with Crippen LogP contribution in [-0.4, -0.2) is 61.6 Å². The van der Waals surface area contributed by atoms with Gasteiger partial charge in [0.05, 0.1) is 5.56 Å². The van der Waals surface area contributed by atoms with Gasteiger partial charge in [-0.3, -0.25) is 4.90 Å². The van der Waals surface area contributed by atoms with Crippen molar-refractivity contribution in [3.8, 4) is 0 Å². The average Bonchev–Trinajstić information content (AvgIpc) is 2.42. The normalized spacial score (nSPS) is 18.8. The van der Waals surface area contributed by atoms with Gasteiger partial charge in [-0.2, -0.15) is 0 Å². The standard InChI is InChI=1S/C16H24N2O2/c1-13-4-6-15(7-5-13)16(19)20-14(2)12-18-10-8-17(3)9-11-18/h4-7,14H,8-12H2,1-3H3/t14-/m1/s1. The molecule has 0 amide bonds. The Kier molecular flexibility index (Phi) is 5.15. The van der Waals surface area contributed by atoms with Crippen molar-refractivity contribution in [2.24, 2.45) is 0 Å². The van der Waals surface area contributed by atoms with Crippen molar-refractivity contribution >= 4 is 5.97 Å². The third-order valence-corrected chi connectivity index (χ3v) is 3.71.